The topological polar surface area (TPSA) is 92.1 Å². The van der Waals surface area contributed by atoms with Crippen LogP contribution in [0.3, 0.4) is 0 Å². The molecule has 0 spiro atoms. The second-order valence-corrected chi connectivity index (χ2v) is 5.98. The normalized spacial score (nSPS) is 18.1. The molecule has 94 valence electrons. The van der Waals surface area contributed by atoms with Crippen LogP contribution in [0, 0.1) is 0 Å². The Hall–Kier alpha value is -1.18. The van der Waals surface area contributed by atoms with Crippen molar-refractivity contribution in [2.45, 2.75) is 24.9 Å². The van der Waals surface area contributed by atoms with Crippen LogP contribution in [0.15, 0.2) is 22.9 Å². The molecule has 0 radical (unpaired) electrons. The van der Waals surface area contributed by atoms with E-state index in [1.807, 2.05) is 6.92 Å². The Balaban J connectivity index is 2.34. The van der Waals surface area contributed by atoms with Crippen LogP contribution in [0.5, 0.6) is 0 Å². The van der Waals surface area contributed by atoms with Crippen LogP contribution in [0.25, 0.3) is 0 Å². The molecule has 0 saturated carbocycles. The van der Waals surface area contributed by atoms with Gasteiger partial charge in [-0.2, -0.15) is 9.40 Å². The summed E-state index contributed by atoms with van der Waals surface area (Å²) in [6.45, 7) is 3.03. The quantitative estimate of drug-likeness (QED) is 0.756. The SMILES string of the molecule is CC1=CCCN(S(=O)(=O)c2[nH]ncc2CN)C1. The van der Waals surface area contributed by atoms with Crippen LogP contribution in [-0.4, -0.2) is 36.0 Å². The van der Waals surface area contributed by atoms with E-state index in [9.17, 15) is 8.42 Å². The van der Waals surface area contributed by atoms with Gasteiger partial charge in [0.05, 0.1) is 6.20 Å². The summed E-state index contributed by atoms with van der Waals surface area (Å²) in [4.78, 5) is 0. The third-order valence-corrected chi connectivity index (χ3v) is 4.65. The molecule has 1 aromatic rings. The first-order valence-corrected chi connectivity index (χ1v) is 6.88. The second kappa shape index (κ2) is 4.59. The molecule has 1 aliphatic rings. The number of nitrogens with one attached hydrogen (secondary N) is 1. The van der Waals surface area contributed by atoms with Crippen molar-refractivity contribution in [2.24, 2.45) is 5.73 Å². The minimum atomic E-state index is -3.50. The second-order valence-electron chi connectivity index (χ2n) is 4.11. The van der Waals surface area contributed by atoms with Gasteiger partial charge < -0.3 is 5.73 Å². The Morgan fingerprint density at radius 3 is 3.00 bits per heavy atom. The van der Waals surface area contributed by atoms with Crippen LogP contribution < -0.4 is 5.73 Å². The molecule has 0 amide bonds. The average molecular weight is 256 g/mol. The first-order valence-electron chi connectivity index (χ1n) is 5.44. The highest BCUT2D eigenvalue weighted by Crippen LogP contribution is 2.21. The maximum Gasteiger partial charge on any atom is 0.260 e. The summed E-state index contributed by atoms with van der Waals surface area (Å²) in [7, 11) is -3.50. The van der Waals surface area contributed by atoms with Gasteiger partial charge >= 0.3 is 0 Å². The van der Waals surface area contributed by atoms with Gasteiger partial charge in [0.2, 0.25) is 0 Å². The predicted octanol–water partition coefficient (Wildman–Crippen LogP) is 0.209. The van der Waals surface area contributed by atoms with Gasteiger partial charge in [0.1, 0.15) is 0 Å². The molecule has 1 aromatic heterocycles. The molecule has 0 aromatic carbocycles. The Morgan fingerprint density at radius 1 is 1.59 bits per heavy atom. The van der Waals surface area contributed by atoms with Crippen molar-refractivity contribution in [1.82, 2.24) is 14.5 Å². The summed E-state index contributed by atoms with van der Waals surface area (Å²) in [5.41, 5.74) is 7.08. The molecule has 0 saturated heterocycles. The molecule has 6 nitrogen and oxygen atoms in total. The molecule has 0 fully saturated rings. The minimum Gasteiger partial charge on any atom is -0.326 e. The number of aromatic amines is 1. The van der Waals surface area contributed by atoms with E-state index in [1.54, 1.807) is 0 Å². The smallest absolute Gasteiger partial charge is 0.260 e. The lowest BCUT2D eigenvalue weighted by atomic mass is 10.2. The fraction of sp³-hybridized carbons (Fsp3) is 0.500. The van der Waals surface area contributed by atoms with Gasteiger partial charge in [0.25, 0.3) is 10.0 Å². The van der Waals surface area contributed by atoms with Crippen LogP contribution in [-0.2, 0) is 16.6 Å². The number of sulfonamides is 1. The van der Waals surface area contributed by atoms with Crippen molar-refractivity contribution in [3.8, 4) is 0 Å². The molecular formula is C10H16N4O2S. The van der Waals surface area contributed by atoms with E-state index in [0.717, 1.165) is 12.0 Å². The Labute approximate surface area is 101 Å². The van der Waals surface area contributed by atoms with Crippen LogP contribution in [0.4, 0.5) is 0 Å². The van der Waals surface area contributed by atoms with Crippen LogP contribution in [0.2, 0.25) is 0 Å². The third kappa shape index (κ3) is 2.26. The Morgan fingerprint density at radius 2 is 2.35 bits per heavy atom. The van der Waals surface area contributed by atoms with Gasteiger partial charge in [-0.1, -0.05) is 11.6 Å². The average Bonchev–Trinajstić information content (AvgIpc) is 2.77. The number of hydrogen-bond acceptors (Lipinski definition) is 4. The molecule has 1 aliphatic heterocycles. The van der Waals surface area contributed by atoms with E-state index < -0.39 is 10.0 Å². The van der Waals surface area contributed by atoms with E-state index in [0.29, 0.717) is 18.7 Å². The van der Waals surface area contributed by atoms with E-state index in [2.05, 4.69) is 16.3 Å². The number of hydrogen-bond donors (Lipinski definition) is 2. The summed E-state index contributed by atoms with van der Waals surface area (Å²) in [6, 6.07) is 0. The van der Waals surface area contributed by atoms with Crippen molar-refractivity contribution in [2.75, 3.05) is 13.1 Å². The monoisotopic (exact) mass is 256 g/mol. The van der Waals surface area contributed by atoms with E-state index >= 15 is 0 Å². The number of aromatic nitrogens is 2. The van der Waals surface area contributed by atoms with Gasteiger partial charge in [-0.25, -0.2) is 8.42 Å². The summed E-state index contributed by atoms with van der Waals surface area (Å²) >= 11 is 0. The fourth-order valence-electron chi connectivity index (χ4n) is 1.88. The maximum absolute atomic E-state index is 12.3. The molecule has 2 heterocycles. The highest BCUT2D eigenvalue weighted by Gasteiger charge is 2.29. The summed E-state index contributed by atoms with van der Waals surface area (Å²) < 4.78 is 26.1. The fourth-order valence-corrected chi connectivity index (χ4v) is 3.49. The highest BCUT2D eigenvalue weighted by molar-refractivity contribution is 7.89. The highest BCUT2D eigenvalue weighted by atomic mass is 32.2. The number of H-pyrrole nitrogens is 1. The van der Waals surface area contributed by atoms with Crippen LogP contribution in [0.1, 0.15) is 18.9 Å². The zero-order chi connectivity index (χ0) is 12.5. The zero-order valence-corrected chi connectivity index (χ0v) is 10.5. The molecule has 0 unspecified atom stereocenters. The lowest BCUT2D eigenvalue weighted by Crippen LogP contribution is -2.36. The van der Waals surface area contributed by atoms with E-state index in [-0.39, 0.29) is 11.6 Å². The van der Waals surface area contributed by atoms with Gasteiger partial charge in [-0.3, -0.25) is 5.10 Å². The predicted molar refractivity (Wildman–Crippen MR) is 63.6 cm³/mol. The summed E-state index contributed by atoms with van der Waals surface area (Å²) in [5.74, 6) is 0. The molecule has 2 rings (SSSR count). The maximum atomic E-state index is 12.3. The number of rotatable bonds is 3. The Kier molecular flexibility index (Phi) is 3.32. The molecule has 0 bridgehead atoms. The first kappa shape index (κ1) is 12.3. The van der Waals surface area contributed by atoms with Crippen LogP contribution >= 0.6 is 0 Å². The lowest BCUT2D eigenvalue weighted by molar-refractivity contribution is 0.425. The van der Waals surface area contributed by atoms with Crippen molar-refractivity contribution in [1.29, 1.82) is 0 Å². The molecular weight excluding hydrogens is 240 g/mol. The van der Waals surface area contributed by atoms with Crippen molar-refractivity contribution in [3.05, 3.63) is 23.4 Å². The van der Waals surface area contributed by atoms with E-state index in [1.165, 1.54) is 10.5 Å². The van der Waals surface area contributed by atoms with Gasteiger partial charge in [-0.05, 0) is 13.3 Å². The van der Waals surface area contributed by atoms with Gasteiger partial charge in [0, 0.05) is 25.2 Å². The van der Waals surface area contributed by atoms with Crippen molar-refractivity contribution < 1.29 is 8.42 Å². The molecule has 0 atom stereocenters. The molecule has 7 heteroatoms. The molecule has 0 aliphatic carbocycles. The largest absolute Gasteiger partial charge is 0.326 e. The van der Waals surface area contributed by atoms with E-state index in [4.69, 9.17) is 5.73 Å². The van der Waals surface area contributed by atoms with Gasteiger partial charge in [0.15, 0.2) is 5.03 Å². The summed E-state index contributed by atoms with van der Waals surface area (Å²) in [6.07, 6.45) is 4.26. The van der Waals surface area contributed by atoms with Gasteiger partial charge in [-0.15, -0.1) is 0 Å². The number of nitrogens with zero attached hydrogens (tertiary/aromatic N) is 2. The zero-order valence-electron chi connectivity index (χ0n) is 9.68. The summed E-state index contributed by atoms with van der Waals surface area (Å²) in [5, 5.41) is 6.40. The third-order valence-electron chi connectivity index (χ3n) is 2.79. The van der Waals surface area contributed by atoms with Crippen molar-refractivity contribution >= 4 is 10.0 Å². The minimum absolute atomic E-state index is 0.120. The Bertz CT molecular complexity index is 532. The molecule has 3 N–H and O–H groups in total. The van der Waals surface area contributed by atoms with Crippen molar-refractivity contribution in [3.63, 3.8) is 0 Å². The molecule has 17 heavy (non-hydrogen) atoms. The lowest BCUT2D eigenvalue weighted by Gasteiger charge is -2.25. The standard InChI is InChI=1S/C10H16N4O2S/c1-8-3-2-4-14(7-8)17(15,16)10-9(5-11)6-12-13-10/h3,6H,2,4-5,7,11H2,1H3,(H,12,13). The number of nitrogens with two attached hydrogens (primary N) is 1. The first-order chi connectivity index (χ1) is 8.05.